The molecule has 0 bridgehead atoms. The number of rotatable bonds is 5. The average Bonchev–Trinajstić information content (AvgIpc) is 3.28. The largest absolute Gasteiger partial charge is 0.495 e. The molecule has 5 aromatic rings. The molecule has 1 N–H and O–H groups in total. The maximum absolute atomic E-state index is 13.4. The number of nitrogens with zero attached hydrogens (tertiary/aromatic N) is 4. The molecule has 32 heavy (non-hydrogen) atoms. The summed E-state index contributed by atoms with van der Waals surface area (Å²) in [4.78, 5) is 26.4. The molecule has 0 saturated carbocycles. The van der Waals surface area contributed by atoms with E-state index in [1.165, 1.54) is 11.7 Å². The van der Waals surface area contributed by atoms with Crippen LogP contribution in [0, 0.1) is 0 Å². The molecule has 0 spiro atoms. The maximum atomic E-state index is 13.4. The number of nitrogens with one attached hydrogen (secondary N) is 1. The van der Waals surface area contributed by atoms with E-state index < -0.39 is 0 Å². The van der Waals surface area contributed by atoms with Gasteiger partial charge in [0.25, 0.3) is 5.56 Å². The summed E-state index contributed by atoms with van der Waals surface area (Å²) in [5.41, 5.74) is 2.65. The summed E-state index contributed by atoms with van der Waals surface area (Å²) in [7, 11) is 1.53. The second kappa shape index (κ2) is 7.99. The van der Waals surface area contributed by atoms with E-state index in [-0.39, 0.29) is 18.0 Å². The number of para-hydroxylation sites is 3. The lowest BCUT2D eigenvalue weighted by atomic mass is 10.1. The van der Waals surface area contributed by atoms with Gasteiger partial charge in [0.2, 0.25) is 5.91 Å². The van der Waals surface area contributed by atoms with Gasteiger partial charge in [0, 0.05) is 5.56 Å². The second-order valence-electron chi connectivity index (χ2n) is 7.20. The Morgan fingerprint density at radius 2 is 1.69 bits per heavy atom. The smallest absolute Gasteiger partial charge is 0.262 e. The van der Waals surface area contributed by atoms with Crippen LogP contribution in [0.15, 0.2) is 83.7 Å². The molecule has 0 aliphatic carbocycles. The Bertz CT molecular complexity index is 1510. The van der Waals surface area contributed by atoms with Crippen LogP contribution in [0.25, 0.3) is 27.8 Å². The summed E-state index contributed by atoms with van der Waals surface area (Å²) >= 11 is 0. The lowest BCUT2D eigenvalue weighted by molar-refractivity contribution is -0.116. The van der Waals surface area contributed by atoms with E-state index in [1.54, 1.807) is 34.8 Å². The molecule has 8 heteroatoms. The van der Waals surface area contributed by atoms with Gasteiger partial charge in [-0.1, -0.05) is 59.8 Å². The molecule has 2 heterocycles. The van der Waals surface area contributed by atoms with Crippen molar-refractivity contribution in [3.8, 4) is 17.0 Å². The van der Waals surface area contributed by atoms with Gasteiger partial charge < -0.3 is 10.1 Å². The first kappa shape index (κ1) is 19.5. The molecule has 0 atom stereocenters. The summed E-state index contributed by atoms with van der Waals surface area (Å²) in [6.07, 6.45) is 0. The normalized spacial score (nSPS) is 11.0. The number of carbonyl (C=O) groups excluding carboxylic acids is 1. The van der Waals surface area contributed by atoms with Crippen LogP contribution in [0.4, 0.5) is 5.69 Å². The standard InChI is InChI=1S/C24H19N5O3/c1-32-20-14-8-6-12-18(20)25-21(30)15-28-23-22(16-9-3-2-4-10-16)26-27-29(23)19-13-7-5-11-17(19)24(28)31/h2-14H,15H2,1H3,(H,25,30). The Hall–Kier alpha value is -4.46. The molecule has 0 unspecified atom stereocenters. The zero-order chi connectivity index (χ0) is 22.1. The number of anilines is 1. The highest BCUT2D eigenvalue weighted by Crippen LogP contribution is 2.25. The molecular weight excluding hydrogens is 406 g/mol. The lowest BCUT2D eigenvalue weighted by Crippen LogP contribution is -2.29. The van der Waals surface area contributed by atoms with Gasteiger partial charge >= 0.3 is 0 Å². The summed E-state index contributed by atoms with van der Waals surface area (Å²) in [5.74, 6) is 0.168. The van der Waals surface area contributed by atoms with Crippen molar-refractivity contribution in [1.82, 2.24) is 19.4 Å². The van der Waals surface area contributed by atoms with Gasteiger partial charge in [0.05, 0.1) is 23.7 Å². The van der Waals surface area contributed by atoms with Gasteiger partial charge in [-0.2, -0.15) is 4.52 Å². The van der Waals surface area contributed by atoms with Crippen LogP contribution in [0.1, 0.15) is 0 Å². The fourth-order valence-electron chi connectivity index (χ4n) is 3.77. The monoisotopic (exact) mass is 425 g/mol. The van der Waals surface area contributed by atoms with E-state index in [2.05, 4.69) is 15.6 Å². The average molecular weight is 425 g/mol. The molecule has 2 aromatic heterocycles. The maximum Gasteiger partial charge on any atom is 0.262 e. The van der Waals surface area contributed by atoms with Crippen molar-refractivity contribution >= 4 is 28.1 Å². The summed E-state index contributed by atoms with van der Waals surface area (Å²) in [6.45, 7) is -0.210. The fraction of sp³-hybridized carbons (Fsp3) is 0.0833. The molecule has 0 aliphatic heterocycles. The minimum Gasteiger partial charge on any atom is -0.495 e. The predicted molar refractivity (Wildman–Crippen MR) is 122 cm³/mol. The second-order valence-corrected chi connectivity index (χ2v) is 7.20. The minimum atomic E-state index is -0.367. The summed E-state index contributed by atoms with van der Waals surface area (Å²) < 4.78 is 8.32. The van der Waals surface area contributed by atoms with E-state index in [1.807, 2.05) is 48.5 Å². The highest BCUT2D eigenvalue weighted by molar-refractivity contribution is 5.93. The topological polar surface area (TPSA) is 90.5 Å². The Morgan fingerprint density at radius 1 is 0.969 bits per heavy atom. The predicted octanol–water partition coefficient (Wildman–Crippen LogP) is 3.36. The molecule has 0 saturated heterocycles. The molecule has 158 valence electrons. The number of benzene rings is 3. The Morgan fingerprint density at radius 3 is 2.50 bits per heavy atom. The number of hydrogen-bond acceptors (Lipinski definition) is 5. The van der Waals surface area contributed by atoms with Gasteiger partial charge in [-0.3, -0.25) is 14.2 Å². The van der Waals surface area contributed by atoms with Crippen molar-refractivity contribution in [1.29, 1.82) is 0 Å². The Labute approximate surface area is 182 Å². The third kappa shape index (κ3) is 3.27. The van der Waals surface area contributed by atoms with Crippen molar-refractivity contribution in [3.63, 3.8) is 0 Å². The third-order valence-corrected chi connectivity index (χ3v) is 5.24. The van der Waals surface area contributed by atoms with E-state index in [0.29, 0.717) is 33.7 Å². The van der Waals surface area contributed by atoms with Crippen LogP contribution in [0.3, 0.4) is 0 Å². The molecule has 0 aliphatic rings. The molecular formula is C24H19N5O3. The number of hydrogen-bond donors (Lipinski definition) is 1. The number of amides is 1. The zero-order valence-corrected chi connectivity index (χ0v) is 17.2. The van der Waals surface area contributed by atoms with Crippen LogP contribution < -0.4 is 15.6 Å². The highest BCUT2D eigenvalue weighted by Gasteiger charge is 2.20. The number of carbonyl (C=O) groups is 1. The molecule has 0 fully saturated rings. The fourth-order valence-corrected chi connectivity index (χ4v) is 3.77. The Kier molecular flexibility index (Phi) is 4.87. The first-order valence-corrected chi connectivity index (χ1v) is 10.0. The first-order chi connectivity index (χ1) is 15.7. The number of fused-ring (bicyclic) bond motifs is 3. The van der Waals surface area contributed by atoms with E-state index in [0.717, 1.165) is 5.56 Å². The highest BCUT2D eigenvalue weighted by atomic mass is 16.5. The number of ether oxygens (including phenoxy) is 1. The van der Waals surface area contributed by atoms with Gasteiger partial charge in [0.15, 0.2) is 5.65 Å². The van der Waals surface area contributed by atoms with Gasteiger partial charge in [-0.15, -0.1) is 5.10 Å². The zero-order valence-electron chi connectivity index (χ0n) is 17.2. The summed E-state index contributed by atoms with van der Waals surface area (Å²) in [5, 5.41) is 11.9. The third-order valence-electron chi connectivity index (χ3n) is 5.24. The van der Waals surface area contributed by atoms with Gasteiger partial charge in [-0.25, -0.2) is 0 Å². The van der Waals surface area contributed by atoms with Crippen LogP contribution >= 0.6 is 0 Å². The van der Waals surface area contributed by atoms with Gasteiger partial charge in [-0.05, 0) is 24.3 Å². The lowest BCUT2D eigenvalue weighted by Gasteiger charge is -2.13. The van der Waals surface area contributed by atoms with Crippen molar-refractivity contribution in [2.24, 2.45) is 0 Å². The number of aromatic nitrogens is 4. The van der Waals surface area contributed by atoms with Crippen molar-refractivity contribution in [2.45, 2.75) is 6.54 Å². The van der Waals surface area contributed by atoms with Crippen molar-refractivity contribution in [2.75, 3.05) is 12.4 Å². The van der Waals surface area contributed by atoms with E-state index >= 15 is 0 Å². The number of methoxy groups -OCH3 is 1. The molecule has 8 nitrogen and oxygen atoms in total. The van der Waals surface area contributed by atoms with E-state index in [4.69, 9.17) is 4.74 Å². The van der Waals surface area contributed by atoms with Crippen molar-refractivity contribution in [3.05, 3.63) is 89.2 Å². The SMILES string of the molecule is COc1ccccc1NC(=O)Cn1c(=O)c2ccccc2n2nnc(-c3ccccc3)c12. The van der Waals surface area contributed by atoms with Gasteiger partial charge in [0.1, 0.15) is 18.0 Å². The Balaban J connectivity index is 1.67. The van der Waals surface area contributed by atoms with Crippen LogP contribution in [0.2, 0.25) is 0 Å². The van der Waals surface area contributed by atoms with E-state index in [9.17, 15) is 9.59 Å². The molecule has 3 aromatic carbocycles. The first-order valence-electron chi connectivity index (χ1n) is 10.0. The molecule has 1 amide bonds. The van der Waals surface area contributed by atoms with Crippen LogP contribution in [-0.4, -0.2) is 32.4 Å². The van der Waals surface area contributed by atoms with Crippen molar-refractivity contribution < 1.29 is 9.53 Å². The quantitative estimate of drug-likeness (QED) is 0.466. The summed E-state index contributed by atoms with van der Waals surface area (Å²) in [6, 6.07) is 23.7. The molecule has 5 rings (SSSR count). The molecule has 0 radical (unpaired) electrons. The van der Waals surface area contributed by atoms with Crippen LogP contribution in [0.5, 0.6) is 5.75 Å². The minimum absolute atomic E-state index is 0.210. The van der Waals surface area contributed by atoms with Crippen LogP contribution in [-0.2, 0) is 11.3 Å².